The number of nitrogens with one attached hydrogen (secondary N) is 1. The Kier molecular flexibility index (Phi) is 3.09. The van der Waals surface area contributed by atoms with Crippen molar-refractivity contribution in [2.24, 2.45) is 5.92 Å². The van der Waals surface area contributed by atoms with Crippen molar-refractivity contribution in [1.29, 1.82) is 0 Å². The summed E-state index contributed by atoms with van der Waals surface area (Å²) in [5.41, 5.74) is 0.0113. The van der Waals surface area contributed by atoms with Gasteiger partial charge in [-0.3, -0.25) is 0 Å². The number of anilines is 1. The van der Waals surface area contributed by atoms with Crippen LogP contribution in [-0.2, 0) is 0 Å². The fraction of sp³-hybridized carbons (Fsp3) is 0.667. The van der Waals surface area contributed by atoms with Gasteiger partial charge in [0.05, 0.1) is 20.3 Å². The predicted octanol–water partition coefficient (Wildman–Crippen LogP) is 2.09. The second-order valence-corrected chi connectivity index (χ2v) is 4.90. The molecule has 17 heavy (non-hydrogen) atoms. The first-order valence-corrected chi connectivity index (χ1v) is 5.80. The number of ether oxygens (including phenoxy) is 2. The molecule has 1 heterocycles. The molecule has 0 bridgehead atoms. The zero-order valence-electron chi connectivity index (χ0n) is 10.8. The average Bonchev–Trinajstić information content (AvgIpc) is 3.11. The Morgan fingerprint density at radius 3 is 2.12 bits per heavy atom. The van der Waals surface area contributed by atoms with Crippen LogP contribution in [0.3, 0.4) is 0 Å². The van der Waals surface area contributed by atoms with Crippen molar-refractivity contribution in [3.05, 3.63) is 6.07 Å². The molecule has 0 unspecified atom stereocenters. The number of rotatable bonds is 5. The van der Waals surface area contributed by atoms with Crippen molar-refractivity contribution < 1.29 is 9.47 Å². The largest absolute Gasteiger partial charge is 0.481 e. The van der Waals surface area contributed by atoms with Crippen LogP contribution in [-0.4, -0.2) is 29.7 Å². The third kappa shape index (κ3) is 2.78. The maximum atomic E-state index is 5.12. The van der Waals surface area contributed by atoms with E-state index in [-0.39, 0.29) is 5.54 Å². The predicted molar refractivity (Wildman–Crippen MR) is 65.6 cm³/mol. The third-order valence-electron chi connectivity index (χ3n) is 3.13. The fourth-order valence-electron chi connectivity index (χ4n) is 1.86. The van der Waals surface area contributed by atoms with Crippen molar-refractivity contribution in [2.45, 2.75) is 32.2 Å². The maximum Gasteiger partial charge on any atom is 0.229 e. The van der Waals surface area contributed by atoms with Gasteiger partial charge in [0.25, 0.3) is 0 Å². The zero-order valence-corrected chi connectivity index (χ0v) is 10.8. The van der Waals surface area contributed by atoms with E-state index in [1.807, 2.05) is 0 Å². The Morgan fingerprint density at radius 1 is 1.18 bits per heavy atom. The molecule has 5 nitrogen and oxygen atoms in total. The standard InChI is InChI=1S/C12H19N3O2/c1-12(2,8-5-6-8)15-11-13-9(16-3)7-10(14-11)17-4/h7-8H,5-6H2,1-4H3,(H,13,14,15). The normalized spacial score (nSPS) is 15.5. The summed E-state index contributed by atoms with van der Waals surface area (Å²) in [6, 6.07) is 1.66. The lowest BCUT2D eigenvalue weighted by Crippen LogP contribution is -2.34. The molecule has 1 saturated carbocycles. The van der Waals surface area contributed by atoms with Crippen LogP contribution in [0.25, 0.3) is 0 Å². The molecule has 0 atom stereocenters. The van der Waals surface area contributed by atoms with Crippen LogP contribution in [0, 0.1) is 5.92 Å². The number of nitrogens with zero attached hydrogens (tertiary/aromatic N) is 2. The highest BCUT2D eigenvalue weighted by Gasteiger charge is 2.38. The molecule has 0 radical (unpaired) electrons. The zero-order chi connectivity index (χ0) is 12.5. The van der Waals surface area contributed by atoms with Gasteiger partial charge in [0.15, 0.2) is 0 Å². The molecule has 5 heteroatoms. The number of hydrogen-bond acceptors (Lipinski definition) is 5. The summed E-state index contributed by atoms with van der Waals surface area (Å²) in [6.07, 6.45) is 2.53. The summed E-state index contributed by atoms with van der Waals surface area (Å²) < 4.78 is 10.2. The first-order chi connectivity index (χ1) is 8.05. The van der Waals surface area contributed by atoms with Gasteiger partial charge >= 0.3 is 0 Å². The minimum Gasteiger partial charge on any atom is -0.481 e. The summed E-state index contributed by atoms with van der Waals surface area (Å²) in [7, 11) is 3.16. The van der Waals surface area contributed by atoms with Crippen LogP contribution in [0.4, 0.5) is 5.95 Å². The quantitative estimate of drug-likeness (QED) is 0.849. The van der Waals surface area contributed by atoms with Gasteiger partial charge in [-0.2, -0.15) is 9.97 Å². The van der Waals surface area contributed by atoms with E-state index in [1.165, 1.54) is 12.8 Å². The smallest absolute Gasteiger partial charge is 0.229 e. The Hall–Kier alpha value is -1.52. The summed E-state index contributed by atoms with van der Waals surface area (Å²) in [6.45, 7) is 4.33. The first-order valence-electron chi connectivity index (χ1n) is 5.80. The molecule has 0 aromatic carbocycles. The van der Waals surface area contributed by atoms with Crippen LogP contribution in [0.1, 0.15) is 26.7 Å². The fourth-order valence-corrected chi connectivity index (χ4v) is 1.86. The van der Waals surface area contributed by atoms with E-state index < -0.39 is 0 Å². The van der Waals surface area contributed by atoms with Crippen LogP contribution >= 0.6 is 0 Å². The minimum absolute atomic E-state index is 0.0113. The monoisotopic (exact) mass is 237 g/mol. The number of hydrogen-bond donors (Lipinski definition) is 1. The van der Waals surface area contributed by atoms with Crippen LogP contribution in [0.15, 0.2) is 6.07 Å². The summed E-state index contributed by atoms with van der Waals surface area (Å²) in [5, 5.41) is 3.35. The van der Waals surface area contributed by atoms with E-state index in [9.17, 15) is 0 Å². The van der Waals surface area contributed by atoms with E-state index in [0.29, 0.717) is 23.6 Å². The highest BCUT2D eigenvalue weighted by Crippen LogP contribution is 2.40. The molecule has 0 aliphatic heterocycles. The summed E-state index contributed by atoms with van der Waals surface area (Å²) in [5.74, 6) is 2.26. The molecular formula is C12H19N3O2. The van der Waals surface area contributed by atoms with Crippen LogP contribution in [0.5, 0.6) is 11.8 Å². The Balaban J connectivity index is 2.19. The highest BCUT2D eigenvalue weighted by atomic mass is 16.5. The first kappa shape index (κ1) is 12.0. The minimum atomic E-state index is 0.0113. The lowest BCUT2D eigenvalue weighted by molar-refractivity contribution is 0.371. The molecule has 94 valence electrons. The molecule has 0 spiro atoms. The van der Waals surface area contributed by atoms with Crippen molar-refractivity contribution in [2.75, 3.05) is 19.5 Å². The van der Waals surface area contributed by atoms with Crippen molar-refractivity contribution in [3.63, 3.8) is 0 Å². The topological polar surface area (TPSA) is 56.3 Å². The van der Waals surface area contributed by atoms with Gasteiger partial charge in [-0.05, 0) is 32.6 Å². The van der Waals surface area contributed by atoms with Crippen molar-refractivity contribution >= 4 is 5.95 Å². The van der Waals surface area contributed by atoms with E-state index in [4.69, 9.17) is 9.47 Å². The van der Waals surface area contributed by atoms with Gasteiger partial charge < -0.3 is 14.8 Å². The molecule has 1 N–H and O–H groups in total. The summed E-state index contributed by atoms with van der Waals surface area (Å²) in [4.78, 5) is 8.54. The lowest BCUT2D eigenvalue weighted by atomic mass is 9.99. The summed E-state index contributed by atoms with van der Waals surface area (Å²) >= 11 is 0. The van der Waals surface area contributed by atoms with Crippen molar-refractivity contribution in [3.8, 4) is 11.8 Å². The van der Waals surface area contributed by atoms with E-state index in [0.717, 1.165) is 0 Å². The highest BCUT2D eigenvalue weighted by molar-refractivity contribution is 5.36. The van der Waals surface area contributed by atoms with E-state index >= 15 is 0 Å². The lowest BCUT2D eigenvalue weighted by Gasteiger charge is -2.26. The van der Waals surface area contributed by atoms with Gasteiger partial charge in [-0.25, -0.2) is 0 Å². The Labute approximate surface area is 102 Å². The molecule has 0 saturated heterocycles. The number of aromatic nitrogens is 2. The second-order valence-electron chi connectivity index (χ2n) is 4.90. The van der Waals surface area contributed by atoms with Gasteiger partial charge in [-0.15, -0.1) is 0 Å². The molecule has 1 aliphatic carbocycles. The van der Waals surface area contributed by atoms with Crippen molar-refractivity contribution in [1.82, 2.24) is 9.97 Å². The third-order valence-corrected chi connectivity index (χ3v) is 3.13. The molecule has 1 aromatic heterocycles. The van der Waals surface area contributed by atoms with Gasteiger partial charge in [0.2, 0.25) is 17.7 Å². The van der Waals surface area contributed by atoms with Gasteiger partial charge in [0, 0.05) is 5.54 Å². The SMILES string of the molecule is COc1cc(OC)nc(NC(C)(C)C2CC2)n1. The average molecular weight is 237 g/mol. The Morgan fingerprint density at radius 2 is 1.71 bits per heavy atom. The number of methoxy groups -OCH3 is 2. The molecule has 1 aromatic rings. The molecule has 1 fully saturated rings. The van der Waals surface area contributed by atoms with E-state index in [2.05, 4.69) is 29.1 Å². The van der Waals surface area contributed by atoms with E-state index in [1.54, 1.807) is 20.3 Å². The van der Waals surface area contributed by atoms with Gasteiger partial charge in [-0.1, -0.05) is 0 Å². The van der Waals surface area contributed by atoms with Crippen LogP contribution in [0.2, 0.25) is 0 Å². The Bertz CT molecular complexity index is 380. The second kappa shape index (κ2) is 4.39. The molecule has 1 aliphatic rings. The molecular weight excluding hydrogens is 218 g/mol. The van der Waals surface area contributed by atoms with Crippen LogP contribution < -0.4 is 14.8 Å². The van der Waals surface area contributed by atoms with Gasteiger partial charge in [0.1, 0.15) is 0 Å². The maximum absolute atomic E-state index is 5.12. The molecule has 0 amide bonds. The molecule has 2 rings (SSSR count).